The maximum atomic E-state index is 5.15. The van der Waals surface area contributed by atoms with Crippen LogP contribution in [-0.2, 0) is 5.41 Å². The molecule has 2 aliphatic carbocycles. The summed E-state index contributed by atoms with van der Waals surface area (Å²) in [7, 11) is 0. The highest BCUT2D eigenvalue weighted by molar-refractivity contribution is 6.17. The van der Waals surface area contributed by atoms with Gasteiger partial charge in [-0.3, -0.25) is 0 Å². The van der Waals surface area contributed by atoms with Crippen LogP contribution in [0.15, 0.2) is 158 Å². The first-order chi connectivity index (χ1) is 22.3. The fourth-order valence-electron chi connectivity index (χ4n) is 8.02. The quantitative estimate of drug-likeness (QED) is 0.198. The minimum atomic E-state index is -0.358. The van der Waals surface area contributed by atoms with E-state index in [-0.39, 0.29) is 5.41 Å². The zero-order chi connectivity index (χ0) is 29.5. The van der Waals surface area contributed by atoms with Crippen LogP contribution in [0.5, 0.6) is 0 Å². The molecule has 1 heterocycles. The lowest BCUT2D eigenvalue weighted by Crippen LogP contribution is -2.26. The number of nitrogens with zero attached hydrogens (tertiary/aromatic N) is 2. The third-order valence-corrected chi connectivity index (χ3v) is 9.86. The van der Waals surface area contributed by atoms with Gasteiger partial charge >= 0.3 is 0 Å². The van der Waals surface area contributed by atoms with Crippen molar-refractivity contribution in [2.45, 2.75) is 5.41 Å². The summed E-state index contributed by atoms with van der Waals surface area (Å²) in [5, 5.41) is 5.37. The van der Waals surface area contributed by atoms with Gasteiger partial charge in [0.2, 0.25) is 0 Å². The second-order valence-corrected chi connectivity index (χ2v) is 12.1. The van der Waals surface area contributed by atoms with Gasteiger partial charge in [0.1, 0.15) is 0 Å². The summed E-state index contributed by atoms with van der Waals surface area (Å²) in [6, 6.07) is 57.0. The molecule has 0 amide bonds. The average Bonchev–Trinajstić information content (AvgIpc) is 3.59. The Bertz CT molecular complexity index is 2360. The van der Waals surface area contributed by atoms with E-state index in [2.05, 4.69) is 133 Å². The fourth-order valence-corrected chi connectivity index (χ4v) is 8.02. The van der Waals surface area contributed by atoms with Gasteiger partial charge in [-0.05, 0) is 67.1 Å². The molecule has 45 heavy (non-hydrogen) atoms. The van der Waals surface area contributed by atoms with Crippen molar-refractivity contribution in [1.29, 1.82) is 0 Å². The second kappa shape index (κ2) is 9.07. The molecule has 10 rings (SSSR count). The summed E-state index contributed by atoms with van der Waals surface area (Å²) in [6.45, 7) is 0. The minimum Gasteiger partial charge on any atom is -0.228 e. The molecule has 0 bridgehead atoms. The molecule has 0 saturated carbocycles. The van der Waals surface area contributed by atoms with Gasteiger partial charge < -0.3 is 0 Å². The first-order valence-electron chi connectivity index (χ1n) is 15.5. The highest BCUT2D eigenvalue weighted by Crippen LogP contribution is 2.62. The number of hydrogen-bond acceptors (Lipinski definition) is 2. The summed E-state index contributed by atoms with van der Waals surface area (Å²) in [4.78, 5) is 10.2. The van der Waals surface area contributed by atoms with Crippen molar-refractivity contribution < 1.29 is 0 Å². The van der Waals surface area contributed by atoms with Crippen molar-refractivity contribution in [2.75, 3.05) is 0 Å². The van der Waals surface area contributed by atoms with Gasteiger partial charge in [0.15, 0.2) is 5.82 Å². The van der Waals surface area contributed by atoms with Gasteiger partial charge in [-0.15, -0.1) is 0 Å². The van der Waals surface area contributed by atoms with Crippen LogP contribution in [0, 0.1) is 0 Å². The molecule has 0 fully saturated rings. The molecule has 8 aromatic rings. The van der Waals surface area contributed by atoms with Crippen molar-refractivity contribution >= 4 is 21.5 Å². The van der Waals surface area contributed by atoms with Gasteiger partial charge in [-0.1, -0.05) is 146 Å². The Balaban J connectivity index is 1.24. The summed E-state index contributed by atoms with van der Waals surface area (Å²) in [6.07, 6.45) is 0. The second-order valence-electron chi connectivity index (χ2n) is 12.1. The van der Waals surface area contributed by atoms with Crippen LogP contribution in [0.2, 0.25) is 0 Å². The Labute approximate surface area is 261 Å². The van der Waals surface area contributed by atoms with Gasteiger partial charge in [0, 0.05) is 16.7 Å². The van der Waals surface area contributed by atoms with Gasteiger partial charge in [0.05, 0.1) is 16.8 Å². The van der Waals surface area contributed by atoms with Crippen LogP contribution in [0.4, 0.5) is 0 Å². The molecule has 2 aliphatic rings. The predicted molar refractivity (Wildman–Crippen MR) is 184 cm³/mol. The standard InChI is InChI=1S/C43H26N2/c1-3-11-27(12-4-1)38-26-39(45-42(44-38)30-13-5-2-6-14-30)31-23-24-35-33(25-31)32-17-7-8-18-34(32)43(35)36-19-9-15-28-21-22-29-16-10-20-37(43)41(29)40(28)36/h1-26H. The number of benzene rings is 7. The van der Waals surface area contributed by atoms with Gasteiger partial charge in [0.25, 0.3) is 0 Å². The Hall–Kier alpha value is -5.86. The Morgan fingerprint density at radius 2 is 0.911 bits per heavy atom. The zero-order valence-electron chi connectivity index (χ0n) is 24.4. The molecule has 0 radical (unpaired) electrons. The van der Waals surface area contributed by atoms with Crippen molar-refractivity contribution in [3.63, 3.8) is 0 Å². The smallest absolute Gasteiger partial charge is 0.160 e. The van der Waals surface area contributed by atoms with E-state index in [1.165, 1.54) is 54.9 Å². The fraction of sp³-hybridized carbons (Fsp3) is 0.0233. The van der Waals surface area contributed by atoms with E-state index < -0.39 is 0 Å². The Morgan fingerprint density at radius 3 is 1.60 bits per heavy atom. The first-order valence-corrected chi connectivity index (χ1v) is 15.5. The van der Waals surface area contributed by atoms with E-state index in [4.69, 9.17) is 9.97 Å². The maximum Gasteiger partial charge on any atom is 0.160 e. The third-order valence-electron chi connectivity index (χ3n) is 9.86. The molecule has 0 N–H and O–H groups in total. The lowest BCUT2D eigenvalue weighted by atomic mass is 9.70. The van der Waals surface area contributed by atoms with E-state index in [0.29, 0.717) is 0 Å². The summed E-state index contributed by atoms with van der Waals surface area (Å²) in [5.74, 6) is 0.730. The molecule has 0 unspecified atom stereocenters. The van der Waals surface area contributed by atoms with E-state index in [0.717, 1.165) is 33.9 Å². The largest absolute Gasteiger partial charge is 0.228 e. The highest BCUT2D eigenvalue weighted by Gasteiger charge is 2.50. The van der Waals surface area contributed by atoms with Gasteiger partial charge in [-0.25, -0.2) is 9.97 Å². The van der Waals surface area contributed by atoms with Crippen LogP contribution in [0.3, 0.4) is 0 Å². The number of aromatic nitrogens is 2. The SMILES string of the molecule is c1ccc(-c2cc(-c3ccc4c(c3)-c3ccccc3C43c4cccc5ccc6cccc3c6c45)nc(-c3ccccc3)n2)cc1. The topological polar surface area (TPSA) is 25.8 Å². The lowest BCUT2D eigenvalue weighted by molar-refractivity contribution is 0.797. The number of hydrogen-bond donors (Lipinski definition) is 0. The Morgan fingerprint density at radius 1 is 0.356 bits per heavy atom. The van der Waals surface area contributed by atoms with Crippen molar-refractivity contribution in [1.82, 2.24) is 9.97 Å². The van der Waals surface area contributed by atoms with E-state index in [9.17, 15) is 0 Å². The average molecular weight is 571 g/mol. The third kappa shape index (κ3) is 3.29. The maximum absolute atomic E-state index is 5.15. The molecule has 2 nitrogen and oxygen atoms in total. The van der Waals surface area contributed by atoms with Crippen LogP contribution in [-0.4, -0.2) is 9.97 Å². The molecule has 208 valence electrons. The number of fused-ring (bicyclic) bond motifs is 7. The van der Waals surface area contributed by atoms with Gasteiger partial charge in [-0.2, -0.15) is 0 Å². The summed E-state index contributed by atoms with van der Waals surface area (Å²) >= 11 is 0. The molecule has 0 atom stereocenters. The van der Waals surface area contributed by atoms with E-state index in [1.54, 1.807) is 0 Å². The van der Waals surface area contributed by atoms with Crippen LogP contribution < -0.4 is 0 Å². The molecule has 1 spiro atoms. The predicted octanol–water partition coefficient (Wildman–Crippen LogP) is 10.5. The van der Waals surface area contributed by atoms with Crippen LogP contribution in [0.1, 0.15) is 22.3 Å². The minimum absolute atomic E-state index is 0.358. The van der Waals surface area contributed by atoms with Crippen LogP contribution in [0.25, 0.3) is 66.6 Å². The summed E-state index contributed by atoms with van der Waals surface area (Å²) < 4.78 is 0. The number of rotatable bonds is 3. The Kier molecular flexibility index (Phi) is 4.95. The zero-order valence-corrected chi connectivity index (χ0v) is 24.4. The van der Waals surface area contributed by atoms with Crippen molar-refractivity contribution in [2.24, 2.45) is 0 Å². The molecule has 2 heteroatoms. The highest BCUT2D eigenvalue weighted by atomic mass is 14.9. The van der Waals surface area contributed by atoms with E-state index in [1.807, 2.05) is 24.3 Å². The molecule has 7 aromatic carbocycles. The normalized spacial score (nSPS) is 13.5. The molecule has 0 saturated heterocycles. The molecule has 1 aromatic heterocycles. The first kappa shape index (κ1) is 24.6. The van der Waals surface area contributed by atoms with Crippen LogP contribution >= 0.6 is 0 Å². The van der Waals surface area contributed by atoms with Crippen molar-refractivity contribution in [3.05, 3.63) is 180 Å². The molecule has 0 aliphatic heterocycles. The summed E-state index contributed by atoms with van der Waals surface area (Å²) in [5.41, 5.74) is 12.7. The monoisotopic (exact) mass is 570 g/mol. The molecular weight excluding hydrogens is 544 g/mol. The van der Waals surface area contributed by atoms with E-state index >= 15 is 0 Å². The lowest BCUT2D eigenvalue weighted by Gasteiger charge is -2.30. The molecular formula is C43H26N2. The van der Waals surface area contributed by atoms with Crippen molar-refractivity contribution in [3.8, 4) is 45.0 Å².